The van der Waals surface area contributed by atoms with Crippen LogP contribution in [0.2, 0.25) is 0 Å². The van der Waals surface area contributed by atoms with Gasteiger partial charge in [-0.1, -0.05) is 11.3 Å². The summed E-state index contributed by atoms with van der Waals surface area (Å²) >= 11 is 12.8. The molecular formula is C8H3Br3N2OS2. The summed E-state index contributed by atoms with van der Waals surface area (Å²) in [6.07, 6.45) is 1.65. The Hall–Kier alpha value is 0.240. The molecule has 0 saturated heterocycles. The number of carbonyl (C=O) groups excluding carboxylic acids is 1. The molecule has 2 rings (SSSR count). The Morgan fingerprint density at radius 1 is 1.25 bits per heavy atom. The van der Waals surface area contributed by atoms with Crippen molar-refractivity contribution in [2.24, 2.45) is 0 Å². The van der Waals surface area contributed by atoms with Crippen molar-refractivity contribution < 1.29 is 4.79 Å². The topological polar surface area (TPSA) is 42.0 Å². The number of amides is 1. The largest absolute Gasteiger partial charge is 0.298 e. The summed E-state index contributed by atoms with van der Waals surface area (Å²) in [4.78, 5) is 15.9. The molecule has 0 aromatic carbocycles. The third kappa shape index (κ3) is 2.92. The highest BCUT2D eigenvalue weighted by atomic mass is 79.9. The van der Waals surface area contributed by atoms with Gasteiger partial charge in [0.15, 0.2) is 5.13 Å². The van der Waals surface area contributed by atoms with Crippen LogP contribution in [-0.4, -0.2) is 10.9 Å². The number of hydrogen-bond donors (Lipinski definition) is 1. The Morgan fingerprint density at radius 3 is 2.50 bits per heavy atom. The first-order valence-corrected chi connectivity index (χ1v) is 7.95. The molecule has 0 radical (unpaired) electrons. The van der Waals surface area contributed by atoms with Crippen LogP contribution in [0, 0.1) is 0 Å². The van der Waals surface area contributed by atoms with Crippen LogP contribution < -0.4 is 5.32 Å². The lowest BCUT2D eigenvalue weighted by molar-refractivity contribution is 0.102. The Morgan fingerprint density at radius 2 is 2.00 bits per heavy atom. The number of aromatic nitrogens is 1. The monoisotopic (exact) mass is 444 g/mol. The van der Waals surface area contributed by atoms with E-state index in [9.17, 15) is 4.79 Å². The Balaban J connectivity index is 2.17. The summed E-state index contributed by atoms with van der Waals surface area (Å²) in [5.74, 6) is -0.171. The van der Waals surface area contributed by atoms with Gasteiger partial charge in [-0.2, -0.15) is 0 Å². The highest BCUT2D eigenvalue weighted by Gasteiger charge is 2.14. The Bertz CT molecular complexity index is 537. The minimum absolute atomic E-state index is 0.171. The Kier molecular flexibility index (Phi) is 4.17. The number of nitrogens with one attached hydrogen (secondary N) is 1. The fourth-order valence-corrected chi connectivity index (χ4v) is 4.87. The van der Waals surface area contributed by atoms with Crippen LogP contribution in [-0.2, 0) is 0 Å². The first kappa shape index (κ1) is 12.7. The van der Waals surface area contributed by atoms with Gasteiger partial charge in [0.05, 0.1) is 23.1 Å². The average Bonchev–Trinajstić information content (AvgIpc) is 2.73. The van der Waals surface area contributed by atoms with Crippen molar-refractivity contribution in [2.45, 2.75) is 0 Å². The smallest absolute Gasteiger partial charge is 0.259 e. The number of thiazole rings is 1. The molecule has 16 heavy (non-hydrogen) atoms. The summed E-state index contributed by atoms with van der Waals surface area (Å²) in [6, 6.07) is 1.77. The molecule has 0 aliphatic carbocycles. The molecule has 84 valence electrons. The summed E-state index contributed by atoms with van der Waals surface area (Å²) in [5, 5.41) is 3.30. The number of anilines is 1. The number of hydrogen-bond acceptors (Lipinski definition) is 4. The van der Waals surface area contributed by atoms with Gasteiger partial charge in [0, 0.05) is 0 Å². The van der Waals surface area contributed by atoms with Gasteiger partial charge in [-0.15, -0.1) is 11.3 Å². The molecule has 0 bridgehead atoms. The van der Waals surface area contributed by atoms with E-state index in [4.69, 9.17) is 0 Å². The zero-order chi connectivity index (χ0) is 11.7. The molecule has 0 atom stereocenters. The molecule has 0 unspecified atom stereocenters. The van der Waals surface area contributed by atoms with Gasteiger partial charge in [-0.25, -0.2) is 4.98 Å². The molecule has 0 saturated carbocycles. The summed E-state index contributed by atoms with van der Waals surface area (Å²) in [5.41, 5.74) is 0.600. The van der Waals surface area contributed by atoms with Crippen molar-refractivity contribution >= 4 is 81.5 Å². The normalized spacial score (nSPS) is 10.4. The molecule has 0 aliphatic rings. The van der Waals surface area contributed by atoms with Gasteiger partial charge in [-0.05, 0) is 53.9 Å². The zero-order valence-electron chi connectivity index (χ0n) is 7.46. The maximum absolute atomic E-state index is 11.9. The first-order chi connectivity index (χ1) is 7.56. The van der Waals surface area contributed by atoms with E-state index >= 15 is 0 Å². The van der Waals surface area contributed by atoms with Crippen molar-refractivity contribution in [3.8, 4) is 0 Å². The fraction of sp³-hybridized carbons (Fsp3) is 0. The number of nitrogens with zero attached hydrogens (tertiary/aromatic N) is 1. The quantitative estimate of drug-likeness (QED) is 0.723. The van der Waals surface area contributed by atoms with E-state index < -0.39 is 0 Å². The predicted molar refractivity (Wildman–Crippen MR) is 77.5 cm³/mol. The Labute approximate surface area is 125 Å². The summed E-state index contributed by atoms with van der Waals surface area (Å²) in [7, 11) is 0. The minimum Gasteiger partial charge on any atom is -0.298 e. The summed E-state index contributed by atoms with van der Waals surface area (Å²) < 4.78 is 2.59. The third-order valence-electron chi connectivity index (χ3n) is 1.60. The number of carbonyl (C=O) groups is 1. The number of thiophene rings is 1. The molecule has 0 spiro atoms. The van der Waals surface area contributed by atoms with Crippen LogP contribution in [0.1, 0.15) is 10.4 Å². The molecule has 2 heterocycles. The van der Waals surface area contributed by atoms with Gasteiger partial charge in [-0.3, -0.25) is 10.1 Å². The number of rotatable bonds is 2. The van der Waals surface area contributed by atoms with Gasteiger partial charge >= 0.3 is 0 Å². The van der Waals surface area contributed by atoms with Gasteiger partial charge in [0.2, 0.25) is 0 Å². The molecule has 3 nitrogen and oxygen atoms in total. The van der Waals surface area contributed by atoms with Crippen LogP contribution in [0.3, 0.4) is 0 Å². The van der Waals surface area contributed by atoms with Crippen LogP contribution in [0.5, 0.6) is 0 Å². The maximum atomic E-state index is 11.9. The molecule has 1 N–H and O–H groups in total. The lowest BCUT2D eigenvalue weighted by Crippen LogP contribution is -2.10. The van der Waals surface area contributed by atoms with Crippen molar-refractivity contribution in [3.63, 3.8) is 0 Å². The molecular weight excluding hydrogens is 444 g/mol. The SMILES string of the molecule is O=C(Nc1ncc(Br)s1)c1cc(Br)sc1Br. The second-order valence-corrected chi connectivity index (χ2v) is 8.82. The second-order valence-electron chi connectivity index (χ2n) is 2.66. The molecule has 0 aliphatic heterocycles. The lowest BCUT2D eigenvalue weighted by Gasteiger charge is -1.98. The van der Waals surface area contributed by atoms with E-state index in [1.165, 1.54) is 22.7 Å². The maximum Gasteiger partial charge on any atom is 0.259 e. The van der Waals surface area contributed by atoms with Gasteiger partial charge in [0.25, 0.3) is 5.91 Å². The van der Waals surface area contributed by atoms with Crippen LogP contribution >= 0.6 is 70.5 Å². The van der Waals surface area contributed by atoms with E-state index in [0.29, 0.717) is 10.7 Å². The van der Waals surface area contributed by atoms with E-state index in [1.54, 1.807) is 12.3 Å². The standard InChI is InChI=1S/C8H3Br3N2OS2/c9-4-1-3(6(11)15-4)7(14)13-8-12-2-5(10)16-8/h1-2H,(H,12,13,14). The van der Waals surface area contributed by atoms with E-state index in [2.05, 4.69) is 58.1 Å². The highest BCUT2D eigenvalue weighted by Crippen LogP contribution is 2.32. The van der Waals surface area contributed by atoms with Crippen molar-refractivity contribution in [2.75, 3.05) is 5.32 Å². The molecule has 8 heteroatoms. The van der Waals surface area contributed by atoms with E-state index in [0.717, 1.165) is 11.4 Å². The van der Waals surface area contributed by atoms with Gasteiger partial charge in [0.1, 0.15) is 0 Å². The van der Waals surface area contributed by atoms with E-state index in [1.807, 2.05) is 0 Å². The highest BCUT2D eigenvalue weighted by molar-refractivity contribution is 9.12. The molecule has 0 fully saturated rings. The number of halogens is 3. The van der Waals surface area contributed by atoms with Crippen molar-refractivity contribution in [1.82, 2.24) is 4.98 Å². The lowest BCUT2D eigenvalue weighted by atomic mass is 10.3. The average molecular weight is 447 g/mol. The third-order valence-corrected chi connectivity index (χ3v) is 5.33. The van der Waals surface area contributed by atoms with Crippen molar-refractivity contribution in [3.05, 3.63) is 29.2 Å². The van der Waals surface area contributed by atoms with E-state index in [-0.39, 0.29) is 5.91 Å². The first-order valence-electron chi connectivity index (χ1n) is 3.94. The van der Waals surface area contributed by atoms with Crippen LogP contribution in [0.25, 0.3) is 0 Å². The minimum atomic E-state index is -0.171. The fourth-order valence-electron chi connectivity index (χ4n) is 0.972. The summed E-state index contributed by atoms with van der Waals surface area (Å²) in [6.45, 7) is 0. The van der Waals surface area contributed by atoms with Crippen LogP contribution in [0.15, 0.2) is 23.6 Å². The van der Waals surface area contributed by atoms with Crippen LogP contribution in [0.4, 0.5) is 5.13 Å². The molecule has 1 amide bonds. The van der Waals surface area contributed by atoms with Crippen molar-refractivity contribution in [1.29, 1.82) is 0 Å². The predicted octanol–water partition coefficient (Wildman–Crippen LogP) is 4.74. The second kappa shape index (κ2) is 5.26. The molecule has 2 aromatic rings. The zero-order valence-corrected chi connectivity index (χ0v) is 13.9. The van der Waals surface area contributed by atoms with Gasteiger partial charge < -0.3 is 0 Å². The molecule has 2 aromatic heterocycles.